The van der Waals surface area contributed by atoms with Gasteiger partial charge in [-0.1, -0.05) is 28.1 Å². The highest BCUT2D eigenvalue weighted by atomic mass is 79.9. The summed E-state index contributed by atoms with van der Waals surface area (Å²) in [6, 6.07) is 9.28. The molecule has 1 heterocycles. The Hall–Kier alpha value is -1.75. The van der Waals surface area contributed by atoms with Crippen LogP contribution in [0, 0.1) is 6.92 Å². The van der Waals surface area contributed by atoms with E-state index < -0.39 is 11.9 Å². The summed E-state index contributed by atoms with van der Waals surface area (Å²) >= 11 is 3.36. The van der Waals surface area contributed by atoms with Gasteiger partial charge < -0.3 is 5.11 Å². The zero-order valence-electron chi connectivity index (χ0n) is 10.4. The predicted octanol–water partition coefficient (Wildman–Crippen LogP) is 2.96. The van der Waals surface area contributed by atoms with Crippen LogP contribution in [0.5, 0.6) is 0 Å². The van der Waals surface area contributed by atoms with Crippen molar-refractivity contribution in [1.29, 1.82) is 0 Å². The number of rotatable bonds is 4. The van der Waals surface area contributed by atoms with Gasteiger partial charge in [0.15, 0.2) is 0 Å². The highest BCUT2D eigenvalue weighted by molar-refractivity contribution is 9.10. The van der Waals surface area contributed by atoms with Crippen molar-refractivity contribution in [3.8, 4) is 0 Å². The number of carbonyl (C=O) groups is 1. The maximum Gasteiger partial charge on any atom is 0.312 e. The summed E-state index contributed by atoms with van der Waals surface area (Å²) in [6.07, 6.45) is 2.01. The Morgan fingerprint density at radius 2 is 2.00 bits per heavy atom. The molecule has 0 saturated carbocycles. The molecular weight excluding hydrogens is 308 g/mol. The first-order chi connectivity index (χ1) is 9.06. The van der Waals surface area contributed by atoms with Crippen LogP contribution in [0.15, 0.2) is 41.0 Å². The largest absolute Gasteiger partial charge is 0.481 e. The lowest BCUT2D eigenvalue weighted by atomic mass is 9.96. The van der Waals surface area contributed by atoms with Crippen LogP contribution in [0.2, 0.25) is 0 Å². The number of carboxylic acids is 1. The molecule has 2 aromatic rings. The minimum atomic E-state index is -0.874. The van der Waals surface area contributed by atoms with Crippen molar-refractivity contribution in [2.24, 2.45) is 0 Å². The van der Waals surface area contributed by atoms with Crippen LogP contribution < -0.4 is 0 Å². The number of benzene rings is 1. The number of aliphatic carboxylic acids is 1. The Bertz CT molecular complexity index is 584. The maximum absolute atomic E-state index is 11.4. The lowest BCUT2D eigenvalue weighted by Gasteiger charge is -2.12. The van der Waals surface area contributed by atoms with Crippen LogP contribution in [0.4, 0.5) is 0 Å². The first-order valence-electron chi connectivity index (χ1n) is 5.83. The van der Waals surface area contributed by atoms with Gasteiger partial charge in [0.25, 0.3) is 0 Å². The van der Waals surface area contributed by atoms with Gasteiger partial charge in [-0.05, 0) is 37.1 Å². The molecule has 2 rings (SSSR count). The SMILES string of the molecule is Cc1nccc(C(Cc2ccc(Br)cc2)C(=O)O)n1. The molecule has 0 aliphatic carbocycles. The third-order valence-corrected chi connectivity index (χ3v) is 3.33. The molecule has 0 aliphatic heterocycles. The summed E-state index contributed by atoms with van der Waals surface area (Å²) in [5.41, 5.74) is 1.51. The third kappa shape index (κ3) is 3.61. The van der Waals surface area contributed by atoms with Crippen molar-refractivity contribution in [3.63, 3.8) is 0 Å². The fourth-order valence-electron chi connectivity index (χ4n) is 1.84. The van der Waals surface area contributed by atoms with Crippen LogP contribution in [0.1, 0.15) is 23.0 Å². The van der Waals surface area contributed by atoms with E-state index in [2.05, 4.69) is 25.9 Å². The molecule has 1 unspecified atom stereocenters. The molecule has 0 saturated heterocycles. The standard InChI is InChI=1S/C14H13BrN2O2/c1-9-16-7-6-13(17-9)12(14(18)19)8-10-2-4-11(15)5-3-10/h2-7,12H,8H2,1H3,(H,18,19). The van der Waals surface area contributed by atoms with Gasteiger partial charge in [0.1, 0.15) is 11.7 Å². The van der Waals surface area contributed by atoms with Gasteiger partial charge in [0.2, 0.25) is 0 Å². The molecule has 4 nitrogen and oxygen atoms in total. The van der Waals surface area contributed by atoms with Gasteiger partial charge in [-0.25, -0.2) is 9.97 Å². The number of aryl methyl sites for hydroxylation is 1. The second-order valence-electron chi connectivity index (χ2n) is 4.25. The highest BCUT2D eigenvalue weighted by Gasteiger charge is 2.22. The fourth-order valence-corrected chi connectivity index (χ4v) is 2.11. The first-order valence-corrected chi connectivity index (χ1v) is 6.62. The Kier molecular flexibility index (Phi) is 4.27. The average Bonchev–Trinajstić information content (AvgIpc) is 2.37. The van der Waals surface area contributed by atoms with Crippen molar-refractivity contribution in [2.45, 2.75) is 19.3 Å². The summed E-state index contributed by atoms with van der Waals surface area (Å²) in [6.45, 7) is 1.75. The molecular formula is C14H13BrN2O2. The van der Waals surface area contributed by atoms with E-state index in [0.29, 0.717) is 17.9 Å². The van der Waals surface area contributed by atoms with Crippen LogP contribution in [0.25, 0.3) is 0 Å². The number of aromatic nitrogens is 2. The van der Waals surface area contributed by atoms with Gasteiger partial charge in [-0.2, -0.15) is 0 Å². The minimum absolute atomic E-state index is 0.416. The normalized spacial score (nSPS) is 12.1. The summed E-state index contributed by atoms with van der Waals surface area (Å²) in [5, 5.41) is 9.36. The first kappa shape index (κ1) is 13.7. The number of nitrogens with zero attached hydrogens (tertiary/aromatic N) is 2. The van der Waals surface area contributed by atoms with E-state index in [1.807, 2.05) is 24.3 Å². The van der Waals surface area contributed by atoms with Gasteiger partial charge in [0, 0.05) is 10.7 Å². The minimum Gasteiger partial charge on any atom is -0.481 e. The zero-order chi connectivity index (χ0) is 13.8. The topological polar surface area (TPSA) is 63.1 Å². The third-order valence-electron chi connectivity index (χ3n) is 2.81. The van der Waals surface area contributed by atoms with Crippen LogP contribution in [0.3, 0.4) is 0 Å². The molecule has 0 amide bonds. The quantitative estimate of drug-likeness (QED) is 0.940. The smallest absolute Gasteiger partial charge is 0.312 e. The monoisotopic (exact) mass is 320 g/mol. The van der Waals surface area contributed by atoms with Crippen LogP contribution >= 0.6 is 15.9 Å². The van der Waals surface area contributed by atoms with Gasteiger partial charge >= 0.3 is 5.97 Å². The van der Waals surface area contributed by atoms with E-state index >= 15 is 0 Å². The van der Waals surface area contributed by atoms with Gasteiger partial charge in [-0.15, -0.1) is 0 Å². The lowest BCUT2D eigenvalue weighted by Crippen LogP contribution is -2.16. The van der Waals surface area contributed by atoms with E-state index in [1.165, 1.54) is 0 Å². The lowest BCUT2D eigenvalue weighted by molar-refractivity contribution is -0.138. The van der Waals surface area contributed by atoms with Crippen molar-refractivity contribution >= 4 is 21.9 Å². The Balaban J connectivity index is 2.26. The summed E-state index contributed by atoms with van der Waals surface area (Å²) in [5.74, 6) is -0.941. The Morgan fingerprint density at radius 1 is 1.32 bits per heavy atom. The van der Waals surface area contributed by atoms with Crippen molar-refractivity contribution in [2.75, 3.05) is 0 Å². The van der Waals surface area contributed by atoms with Gasteiger partial charge in [0.05, 0.1) is 5.69 Å². The number of halogens is 1. The van der Waals surface area contributed by atoms with E-state index in [1.54, 1.807) is 19.2 Å². The molecule has 19 heavy (non-hydrogen) atoms. The molecule has 98 valence electrons. The van der Waals surface area contributed by atoms with Crippen molar-refractivity contribution < 1.29 is 9.90 Å². The molecule has 0 fully saturated rings. The summed E-state index contributed by atoms with van der Waals surface area (Å²) in [4.78, 5) is 19.6. The average molecular weight is 321 g/mol. The van der Waals surface area contributed by atoms with E-state index in [4.69, 9.17) is 0 Å². The molecule has 1 atom stereocenters. The molecule has 1 aromatic carbocycles. The van der Waals surface area contributed by atoms with Crippen LogP contribution in [-0.4, -0.2) is 21.0 Å². The van der Waals surface area contributed by atoms with Crippen LogP contribution in [-0.2, 0) is 11.2 Å². The molecule has 5 heteroatoms. The number of hydrogen-bond acceptors (Lipinski definition) is 3. The molecule has 0 spiro atoms. The summed E-state index contributed by atoms with van der Waals surface area (Å²) in [7, 11) is 0. The van der Waals surface area contributed by atoms with Gasteiger partial charge in [-0.3, -0.25) is 4.79 Å². The van der Waals surface area contributed by atoms with E-state index in [9.17, 15) is 9.90 Å². The Morgan fingerprint density at radius 3 is 2.58 bits per heavy atom. The molecule has 0 aliphatic rings. The zero-order valence-corrected chi connectivity index (χ0v) is 12.0. The second kappa shape index (κ2) is 5.93. The number of hydrogen-bond donors (Lipinski definition) is 1. The second-order valence-corrected chi connectivity index (χ2v) is 5.17. The maximum atomic E-state index is 11.4. The molecule has 1 aromatic heterocycles. The van der Waals surface area contributed by atoms with Crippen molar-refractivity contribution in [3.05, 3.63) is 58.1 Å². The van der Waals surface area contributed by atoms with E-state index in [0.717, 1.165) is 10.0 Å². The molecule has 1 N–H and O–H groups in total. The van der Waals surface area contributed by atoms with Crippen molar-refractivity contribution in [1.82, 2.24) is 9.97 Å². The van der Waals surface area contributed by atoms with E-state index in [-0.39, 0.29) is 0 Å². The molecule has 0 bridgehead atoms. The molecule has 0 radical (unpaired) electrons. The Labute approximate surface area is 119 Å². The predicted molar refractivity (Wildman–Crippen MR) is 75.0 cm³/mol. The number of carboxylic acid groups (broad SMARTS) is 1. The summed E-state index contributed by atoms with van der Waals surface area (Å²) < 4.78 is 0.973. The highest BCUT2D eigenvalue weighted by Crippen LogP contribution is 2.21. The fraction of sp³-hybridized carbons (Fsp3) is 0.214.